The van der Waals surface area contributed by atoms with Gasteiger partial charge in [0.1, 0.15) is 0 Å². The minimum atomic E-state index is -0.286. The first-order valence-corrected chi connectivity index (χ1v) is 7.90. The summed E-state index contributed by atoms with van der Waals surface area (Å²) in [5.41, 5.74) is 4.62. The second-order valence-electron chi connectivity index (χ2n) is 5.75. The monoisotopic (exact) mass is 340 g/mol. The van der Waals surface area contributed by atoms with E-state index in [2.05, 4.69) is 21.7 Å². The van der Waals surface area contributed by atoms with Gasteiger partial charge in [-0.25, -0.2) is 4.68 Å². The van der Waals surface area contributed by atoms with Crippen molar-refractivity contribution in [3.8, 4) is 5.69 Å². The average molecular weight is 341 g/mol. The van der Waals surface area contributed by atoms with E-state index in [1.807, 2.05) is 38.1 Å². The van der Waals surface area contributed by atoms with Crippen LogP contribution in [0, 0.1) is 20.8 Å². The lowest BCUT2D eigenvalue weighted by molar-refractivity contribution is 0.102. The number of nitrogens with zero attached hydrogens (tertiary/aromatic N) is 3. The average Bonchev–Trinajstić information content (AvgIpc) is 2.88. The predicted octanol–water partition coefficient (Wildman–Crippen LogP) is 4.10. The van der Waals surface area contributed by atoms with Crippen molar-refractivity contribution in [1.82, 2.24) is 15.0 Å². The van der Waals surface area contributed by atoms with Gasteiger partial charge in [-0.05, 0) is 62.2 Å². The summed E-state index contributed by atoms with van der Waals surface area (Å²) in [6, 6.07) is 13.1. The number of nitrogens with one attached hydrogen (secondary N) is 1. The maximum atomic E-state index is 12.5. The maximum absolute atomic E-state index is 12.5. The third kappa shape index (κ3) is 3.31. The molecule has 0 fully saturated rings. The summed E-state index contributed by atoms with van der Waals surface area (Å²) in [6.07, 6.45) is 0. The van der Waals surface area contributed by atoms with E-state index in [0.29, 0.717) is 10.7 Å². The minimum Gasteiger partial charge on any atom is -0.321 e. The van der Waals surface area contributed by atoms with Crippen LogP contribution in [0.5, 0.6) is 0 Å². The number of amides is 1. The third-order valence-corrected chi connectivity index (χ3v) is 3.88. The van der Waals surface area contributed by atoms with E-state index in [9.17, 15) is 4.79 Å². The molecule has 0 saturated carbocycles. The molecule has 2 aromatic carbocycles. The third-order valence-electron chi connectivity index (χ3n) is 3.64. The van der Waals surface area contributed by atoms with Crippen LogP contribution < -0.4 is 5.32 Å². The van der Waals surface area contributed by atoms with Crippen molar-refractivity contribution >= 4 is 23.2 Å². The second-order valence-corrected chi connectivity index (χ2v) is 6.18. The zero-order valence-electron chi connectivity index (χ0n) is 13.7. The molecule has 122 valence electrons. The van der Waals surface area contributed by atoms with Gasteiger partial charge in [-0.15, -0.1) is 5.10 Å². The lowest BCUT2D eigenvalue weighted by atomic mass is 10.1. The molecule has 0 aliphatic heterocycles. The number of rotatable bonds is 3. The van der Waals surface area contributed by atoms with Gasteiger partial charge in [-0.3, -0.25) is 4.79 Å². The lowest BCUT2D eigenvalue weighted by Gasteiger charge is -2.07. The fourth-order valence-corrected chi connectivity index (χ4v) is 2.81. The van der Waals surface area contributed by atoms with Crippen LogP contribution in [0.1, 0.15) is 27.3 Å². The number of aromatic nitrogens is 3. The Labute approximate surface area is 145 Å². The standard InChI is InChI=1S/C18H17ClN4O/c1-11-7-12(2)9-15(8-11)20-18(24)17-13(3)23(22-21-17)16-6-4-5-14(19)10-16/h4-10H,1-3H3,(H,20,24). The smallest absolute Gasteiger partial charge is 0.278 e. The number of carbonyl (C=O) groups excluding carboxylic acids is 1. The summed E-state index contributed by atoms with van der Waals surface area (Å²) in [7, 11) is 0. The Balaban J connectivity index is 1.89. The molecular weight excluding hydrogens is 324 g/mol. The number of halogens is 1. The molecule has 24 heavy (non-hydrogen) atoms. The van der Waals surface area contributed by atoms with E-state index in [4.69, 9.17) is 11.6 Å². The SMILES string of the molecule is Cc1cc(C)cc(NC(=O)c2nnn(-c3cccc(Cl)c3)c2C)c1. The number of hydrogen-bond donors (Lipinski definition) is 1. The highest BCUT2D eigenvalue weighted by atomic mass is 35.5. The van der Waals surface area contributed by atoms with Crippen molar-refractivity contribution in [1.29, 1.82) is 0 Å². The Hall–Kier alpha value is -2.66. The normalized spacial score (nSPS) is 10.7. The van der Waals surface area contributed by atoms with Crippen molar-refractivity contribution in [2.24, 2.45) is 0 Å². The fraction of sp³-hybridized carbons (Fsp3) is 0.167. The van der Waals surface area contributed by atoms with Gasteiger partial charge in [0, 0.05) is 10.7 Å². The van der Waals surface area contributed by atoms with Crippen molar-refractivity contribution in [2.45, 2.75) is 20.8 Å². The van der Waals surface area contributed by atoms with Gasteiger partial charge in [0.2, 0.25) is 0 Å². The van der Waals surface area contributed by atoms with Crippen LogP contribution in [0.2, 0.25) is 5.02 Å². The Bertz CT molecular complexity index is 897. The van der Waals surface area contributed by atoms with Gasteiger partial charge in [-0.2, -0.15) is 0 Å². The molecule has 1 amide bonds. The first kappa shape index (κ1) is 16.2. The van der Waals surface area contributed by atoms with Crippen molar-refractivity contribution < 1.29 is 4.79 Å². The lowest BCUT2D eigenvalue weighted by Crippen LogP contribution is -2.14. The Morgan fingerprint density at radius 1 is 1.08 bits per heavy atom. The van der Waals surface area contributed by atoms with Crippen LogP contribution in [0.4, 0.5) is 5.69 Å². The maximum Gasteiger partial charge on any atom is 0.278 e. The van der Waals surface area contributed by atoms with Gasteiger partial charge in [-0.1, -0.05) is 28.9 Å². The van der Waals surface area contributed by atoms with Gasteiger partial charge in [0.15, 0.2) is 5.69 Å². The van der Waals surface area contributed by atoms with Crippen LogP contribution in [-0.2, 0) is 0 Å². The summed E-state index contributed by atoms with van der Waals surface area (Å²) in [6.45, 7) is 5.78. The highest BCUT2D eigenvalue weighted by Gasteiger charge is 2.17. The first-order valence-electron chi connectivity index (χ1n) is 7.52. The molecule has 0 atom stereocenters. The van der Waals surface area contributed by atoms with E-state index in [0.717, 1.165) is 22.5 Å². The van der Waals surface area contributed by atoms with Gasteiger partial charge in [0.05, 0.1) is 11.4 Å². The molecular formula is C18H17ClN4O. The Morgan fingerprint density at radius 2 is 1.79 bits per heavy atom. The van der Waals surface area contributed by atoms with Crippen LogP contribution in [-0.4, -0.2) is 20.9 Å². The number of benzene rings is 2. The molecule has 6 heteroatoms. The minimum absolute atomic E-state index is 0.286. The van der Waals surface area contributed by atoms with Crippen molar-refractivity contribution in [3.05, 3.63) is 70.0 Å². The van der Waals surface area contributed by atoms with Crippen LogP contribution in [0.3, 0.4) is 0 Å². The Morgan fingerprint density at radius 3 is 2.46 bits per heavy atom. The van der Waals surface area contributed by atoms with Crippen LogP contribution in [0.15, 0.2) is 42.5 Å². The molecule has 3 aromatic rings. The number of carbonyl (C=O) groups is 1. The molecule has 0 aliphatic rings. The van der Waals surface area contributed by atoms with Gasteiger partial charge >= 0.3 is 0 Å². The van der Waals surface area contributed by atoms with Crippen molar-refractivity contribution in [2.75, 3.05) is 5.32 Å². The molecule has 3 rings (SSSR count). The first-order chi connectivity index (χ1) is 11.4. The molecule has 0 spiro atoms. The van der Waals surface area contributed by atoms with E-state index >= 15 is 0 Å². The summed E-state index contributed by atoms with van der Waals surface area (Å²) in [4.78, 5) is 12.5. The fourth-order valence-electron chi connectivity index (χ4n) is 2.63. The summed E-state index contributed by atoms with van der Waals surface area (Å²) in [5.74, 6) is -0.286. The van der Waals surface area contributed by atoms with Crippen LogP contribution >= 0.6 is 11.6 Å². The largest absolute Gasteiger partial charge is 0.321 e. The molecule has 1 aromatic heterocycles. The molecule has 1 heterocycles. The molecule has 0 radical (unpaired) electrons. The number of aryl methyl sites for hydroxylation is 2. The second kappa shape index (κ2) is 6.45. The van der Waals surface area contributed by atoms with E-state index in [1.54, 1.807) is 23.7 Å². The highest BCUT2D eigenvalue weighted by molar-refractivity contribution is 6.30. The van der Waals surface area contributed by atoms with Crippen molar-refractivity contribution in [3.63, 3.8) is 0 Å². The predicted molar refractivity (Wildman–Crippen MR) is 95.0 cm³/mol. The number of anilines is 1. The zero-order chi connectivity index (χ0) is 17.3. The molecule has 0 bridgehead atoms. The van der Waals surface area contributed by atoms with E-state index in [1.165, 1.54) is 0 Å². The Kier molecular flexibility index (Phi) is 4.36. The topological polar surface area (TPSA) is 59.8 Å². The van der Waals surface area contributed by atoms with E-state index < -0.39 is 0 Å². The zero-order valence-corrected chi connectivity index (χ0v) is 14.4. The van der Waals surface area contributed by atoms with Gasteiger partial charge in [0.25, 0.3) is 5.91 Å². The van der Waals surface area contributed by atoms with E-state index in [-0.39, 0.29) is 11.6 Å². The quantitative estimate of drug-likeness (QED) is 0.781. The number of hydrogen-bond acceptors (Lipinski definition) is 3. The molecule has 0 unspecified atom stereocenters. The van der Waals surface area contributed by atoms with Gasteiger partial charge < -0.3 is 5.32 Å². The summed E-state index contributed by atoms with van der Waals surface area (Å²) in [5, 5.41) is 11.6. The molecule has 0 saturated heterocycles. The molecule has 1 N–H and O–H groups in total. The highest BCUT2D eigenvalue weighted by Crippen LogP contribution is 2.18. The van der Waals surface area contributed by atoms with Crippen LogP contribution in [0.25, 0.3) is 5.69 Å². The summed E-state index contributed by atoms with van der Waals surface area (Å²) < 4.78 is 1.60. The summed E-state index contributed by atoms with van der Waals surface area (Å²) >= 11 is 6.01. The molecule has 5 nitrogen and oxygen atoms in total. The molecule has 0 aliphatic carbocycles.